The van der Waals surface area contributed by atoms with Crippen molar-refractivity contribution in [1.82, 2.24) is 4.57 Å². The zero-order valence-electron chi connectivity index (χ0n) is 17.9. The Labute approximate surface area is 192 Å². The maximum atomic E-state index is 13.3. The third kappa shape index (κ3) is 4.51. The van der Waals surface area contributed by atoms with Crippen LogP contribution in [0.1, 0.15) is 27.2 Å². The van der Waals surface area contributed by atoms with E-state index in [1.807, 2.05) is 79.1 Å². The van der Waals surface area contributed by atoms with Crippen LogP contribution in [0.25, 0.3) is 11.3 Å². The van der Waals surface area contributed by atoms with E-state index in [0.717, 1.165) is 11.3 Å². The summed E-state index contributed by atoms with van der Waals surface area (Å²) in [6, 6.07) is 26.1. The summed E-state index contributed by atoms with van der Waals surface area (Å²) >= 11 is 6.55. The first-order valence-corrected chi connectivity index (χ1v) is 10.7. The van der Waals surface area contributed by atoms with Gasteiger partial charge in [0.1, 0.15) is 5.56 Å². The van der Waals surface area contributed by atoms with Crippen LogP contribution in [0.15, 0.2) is 89.7 Å². The Kier molecular flexibility index (Phi) is 6.24. The maximum Gasteiger partial charge on any atom is 0.261 e. The van der Waals surface area contributed by atoms with E-state index >= 15 is 0 Å². The highest BCUT2D eigenvalue weighted by Crippen LogP contribution is 2.31. The van der Waals surface area contributed by atoms with E-state index in [2.05, 4.69) is 5.32 Å². The average molecular weight is 443 g/mol. The van der Waals surface area contributed by atoms with Crippen LogP contribution in [0.5, 0.6) is 0 Å². The zero-order valence-corrected chi connectivity index (χ0v) is 18.7. The molecule has 0 aliphatic heterocycles. The summed E-state index contributed by atoms with van der Waals surface area (Å²) in [4.78, 5) is 26.4. The number of aromatic nitrogens is 1. The van der Waals surface area contributed by atoms with Gasteiger partial charge in [-0.15, -0.1) is 0 Å². The van der Waals surface area contributed by atoms with Gasteiger partial charge in [-0.2, -0.15) is 0 Å². The normalized spacial score (nSPS) is 10.7. The van der Waals surface area contributed by atoms with Gasteiger partial charge in [0, 0.05) is 34.6 Å². The molecule has 0 saturated heterocycles. The quantitative estimate of drug-likeness (QED) is 0.406. The summed E-state index contributed by atoms with van der Waals surface area (Å²) in [7, 11) is 0. The summed E-state index contributed by atoms with van der Waals surface area (Å²) in [6.45, 7) is 4.41. The minimum Gasteiger partial charge on any atom is -0.340 e. The monoisotopic (exact) mass is 442 g/mol. The number of hydrogen-bond donors (Lipinski definition) is 1. The number of nitrogens with one attached hydrogen (secondary N) is 1. The molecule has 160 valence electrons. The Balaban J connectivity index is 1.92. The molecule has 1 amide bonds. The third-order valence-corrected chi connectivity index (χ3v) is 5.70. The number of pyridine rings is 1. The molecule has 0 atom stereocenters. The molecule has 5 heteroatoms. The fourth-order valence-corrected chi connectivity index (χ4v) is 3.94. The summed E-state index contributed by atoms with van der Waals surface area (Å²) in [5, 5.41) is 3.33. The van der Waals surface area contributed by atoms with Gasteiger partial charge in [-0.3, -0.25) is 9.59 Å². The Bertz CT molecular complexity index is 1330. The number of aryl methyl sites for hydroxylation is 2. The molecule has 0 spiro atoms. The lowest BCUT2D eigenvalue weighted by atomic mass is 10.0. The minimum absolute atomic E-state index is 0.0691. The fourth-order valence-electron chi connectivity index (χ4n) is 3.72. The maximum absolute atomic E-state index is 13.3. The second-order valence-electron chi connectivity index (χ2n) is 7.75. The lowest BCUT2D eigenvalue weighted by Gasteiger charge is -2.21. The van der Waals surface area contributed by atoms with E-state index in [9.17, 15) is 9.59 Å². The molecule has 4 rings (SSSR count). The van der Waals surface area contributed by atoms with Gasteiger partial charge in [0.05, 0.1) is 5.69 Å². The average Bonchev–Trinajstić information content (AvgIpc) is 2.78. The second kappa shape index (κ2) is 9.25. The summed E-state index contributed by atoms with van der Waals surface area (Å²) in [6.07, 6.45) is 0. The van der Waals surface area contributed by atoms with Crippen molar-refractivity contribution in [2.24, 2.45) is 0 Å². The van der Waals surface area contributed by atoms with Crippen LogP contribution in [0, 0.1) is 13.8 Å². The van der Waals surface area contributed by atoms with Gasteiger partial charge in [-0.25, -0.2) is 0 Å². The predicted molar refractivity (Wildman–Crippen MR) is 131 cm³/mol. The topological polar surface area (TPSA) is 51.1 Å². The van der Waals surface area contributed by atoms with Crippen LogP contribution >= 0.6 is 11.6 Å². The number of amides is 1. The standard InChI is InChI=1S/C27H23ClN2O2/c1-18-12-14-20(15-13-18)17-30-19(2)16-24(31)25(26(30)22-10-6-7-11-23(22)28)27(32)29-21-8-4-3-5-9-21/h3-16H,17H2,1-2H3,(H,29,32). The van der Waals surface area contributed by atoms with Gasteiger partial charge in [0.15, 0.2) is 5.43 Å². The highest BCUT2D eigenvalue weighted by Gasteiger charge is 2.23. The smallest absolute Gasteiger partial charge is 0.261 e. The second-order valence-corrected chi connectivity index (χ2v) is 8.15. The minimum atomic E-state index is -0.464. The number of halogens is 1. The predicted octanol–water partition coefficient (Wildman–Crippen LogP) is 6.09. The zero-order chi connectivity index (χ0) is 22.7. The van der Waals surface area contributed by atoms with E-state index in [-0.39, 0.29) is 11.0 Å². The van der Waals surface area contributed by atoms with Crippen LogP contribution in [0.3, 0.4) is 0 Å². The Morgan fingerprint density at radius 3 is 2.25 bits per heavy atom. The molecular formula is C27H23ClN2O2. The third-order valence-electron chi connectivity index (χ3n) is 5.37. The van der Waals surface area contributed by atoms with Crippen molar-refractivity contribution < 1.29 is 4.79 Å². The van der Waals surface area contributed by atoms with Gasteiger partial charge >= 0.3 is 0 Å². The fraction of sp³-hybridized carbons (Fsp3) is 0.111. The Hall–Kier alpha value is -3.63. The van der Waals surface area contributed by atoms with Crippen LogP contribution in [0.4, 0.5) is 5.69 Å². The highest BCUT2D eigenvalue weighted by molar-refractivity contribution is 6.33. The first-order valence-electron chi connectivity index (χ1n) is 10.4. The number of para-hydroxylation sites is 1. The van der Waals surface area contributed by atoms with Gasteiger partial charge in [-0.05, 0) is 37.6 Å². The number of nitrogens with zero attached hydrogens (tertiary/aromatic N) is 1. The molecule has 4 nitrogen and oxygen atoms in total. The lowest BCUT2D eigenvalue weighted by Crippen LogP contribution is -2.27. The molecule has 4 aromatic rings. The van der Waals surface area contributed by atoms with Gasteiger partial charge in [0.25, 0.3) is 5.91 Å². The SMILES string of the molecule is Cc1ccc(Cn2c(C)cc(=O)c(C(=O)Nc3ccccc3)c2-c2ccccc2Cl)cc1. The molecule has 0 radical (unpaired) electrons. The highest BCUT2D eigenvalue weighted by atomic mass is 35.5. The number of hydrogen-bond acceptors (Lipinski definition) is 2. The van der Waals surface area contributed by atoms with Crippen molar-refractivity contribution in [3.05, 3.63) is 123 Å². The van der Waals surface area contributed by atoms with E-state index in [1.54, 1.807) is 18.2 Å². The molecule has 0 bridgehead atoms. The van der Waals surface area contributed by atoms with Crippen LogP contribution < -0.4 is 10.7 Å². The molecule has 32 heavy (non-hydrogen) atoms. The van der Waals surface area contributed by atoms with E-state index < -0.39 is 5.91 Å². The molecule has 0 aliphatic rings. The molecule has 0 fully saturated rings. The molecule has 1 N–H and O–H groups in total. The van der Waals surface area contributed by atoms with Crippen LogP contribution in [-0.2, 0) is 6.54 Å². The van der Waals surface area contributed by atoms with Crippen LogP contribution in [-0.4, -0.2) is 10.5 Å². The largest absolute Gasteiger partial charge is 0.340 e. The number of benzene rings is 3. The summed E-state index contributed by atoms with van der Waals surface area (Å²) in [5.41, 5.74) is 4.47. The summed E-state index contributed by atoms with van der Waals surface area (Å²) < 4.78 is 1.98. The number of rotatable bonds is 5. The van der Waals surface area contributed by atoms with Crippen molar-refractivity contribution in [2.75, 3.05) is 5.32 Å². The van der Waals surface area contributed by atoms with Crippen molar-refractivity contribution in [3.8, 4) is 11.3 Å². The van der Waals surface area contributed by atoms with Crippen molar-refractivity contribution in [3.63, 3.8) is 0 Å². The number of carbonyl (C=O) groups excluding carboxylic acids is 1. The first kappa shape index (κ1) is 21.6. The van der Waals surface area contributed by atoms with Gasteiger partial charge in [0.2, 0.25) is 0 Å². The first-order chi connectivity index (χ1) is 15.4. The van der Waals surface area contributed by atoms with Gasteiger partial charge in [-0.1, -0.05) is 77.8 Å². The van der Waals surface area contributed by atoms with Crippen molar-refractivity contribution in [2.45, 2.75) is 20.4 Å². The van der Waals surface area contributed by atoms with E-state index in [4.69, 9.17) is 11.6 Å². The van der Waals surface area contributed by atoms with Crippen molar-refractivity contribution in [1.29, 1.82) is 0 Å². The van der Waals surface area contributed by atoms with E-state index in [1.165, 1.54) is 11.6 Å². The van der Waals surface area contributed by atoms with E-state index in [0.29, 0.717) is 28.5 Å². The Morgan fingerprint density at radius 1 is 0.906 bits per heavy atom. The molecule has 1 aromatic heterocycles. The molecular weight excluding hydrogens is 420 g/mol. The molecule has 0 unspecified atom stereocenters. The molecule has 0 saturated carbocycles. The molecule has 1 heterocycles. The lowest BCUT2D eigenvalue weighted by molar-refractivity contribution is 0.102. The molecule has 3 aromatic carbocycles. The molecule has 0 aliphatic carbocycles. The Morgan fingerprint density at radius 2 is 1.56 bits per heavy atom. The van der Waals surface area contributed by atoms with Crippen molar-refractivity contribution >= 4 is 23.2 Å². The number of anilines is 1. The number of carbonyl (C=O) groups is 1. The summed E-state index contributed by atoms with van der Waals surface area (Å²) in [5.74, 6) is -0.464. The van der Waals surface area contributed by atoms with Crippen LogP contribution in [0.2, 0.25) is 5.02 Å². The van der Waals surface area contributed by atoms with Gasteiger partial charge < -0.3 is 9.88 Å².